The fourth-order valence-corrected chi connectivity index (χ4v) is 3.19. The predicted octanol–water partition coefficient (Wildman–Crippen LogP) is 3.59. The van der Waals surface area contributed by atoms with Crippen LogP contribution in [-0.2, 0) is 0 Å². The minimum atomic E-state index is 0.744. The van der Waals surface area contributed by atoms with Crippen LogP contribution in [0.4, 0.5) is 10.3 Å². The molecule has 0 unspecified atom stereocenters. The second-order valence-corrected chi connectivity index (χ2v) is 5.70. The lowest BCUT2D eigenvalue weighted by Gasteiger charge is -2.10. The molecule has 0 atom stereocenters. The summed E-state index contributed by atoms with van der Waals surface area (Å²) in [5, 5.41) is 7.01. The van der Waals surface area contributed by atoms with Crippen molar-refractivity contribution in [3.8, 4) is 11.3 Å². The van der Waals surface area contributed by atoms with Crippen LogP contribution in [0.25, 0.3) is 11.3 Å². The Morgan fingerprint density at radius 3 is 2.37 bits per heavy atom. The first-order valence-corrected chi connectivity index (χ1v) is 7.48. The van der Waals surface area contributed by atoms with E-state index in [4.69, 9.17) is 5.84 Å². The van der Waals surface area contributed by atoms with Gasteiger partial charge in [0.05, 0.1) is 11.4 Å². The maximum Gasteiger partial charge on any atom is 0.207 e. The quantitative estimate of drug-likeness (QED) is 0.591. The number of nitrogens with two attached hydrogens (primary N) is 1. The number of thiazole rings is 2. The summed E-state index contributed by atoms with van der Waals surface area (Å²) in [7, 11) is 0. The van der Waals surface area contributed by atoms with Crippen molar-refractivity contribution in [2.75, 3.05) is 5.01 Å². The Morgan fingerprint density at radius 1 is 1.00 bits per heavy atom. The van der Waals surface area contributed by atoms with E-state index >= 15 is 0 Å². The lowest BCUT2D eigenvalue weighted by Crippen LogP contribution is -2.24. The summed E-state index contributed by atoms with van der Waals surface area (Å²) in [5.41, 5.74) is 2.99. The third-order valence-corrected chi connectivity index (χ3v) is 4.38. The van der Waals surface area contributed by atoms with Crippen LogP contribution in [0.2, 0.25) is 0 Å². The van der Waals surface area contributed by atoms with E-state index < -0.39 is 0 Å². The molecular weight excluding hydrogens is 276 g/mol. The Morgan fingerprint density at radius 2 is 1.68 bits per heavy atom. The molecule has 0 bridgehead atoms. The third-order valence-electron chi connectivity index (χ3n) is 2.58. The molecule has 19 heavy (non-hydrogen) atoms. The minimum Gasteiger partial charge on any atom is -0.239 e. The van der Waals surface area contributed by atoms with Gasteiger partial charge in [-0.1, -0.05) is 30.3 Å². The molecular formula is C13H12N4S2. The molecule has 0 aliphatic carbocycles. The van der Waals surface area contributed by atoms with Gasteiger partial charge in [0.15, 0.2) is 0 Å². The van der Waals surface area contributed by atoms with Gasteiger partial charge in [0, 0.05) is 16.3 Å². The molecule has 1 aromatic carbocycles. The van der Waals surface area contributed by atoms with E-state index in [1.165, 1.54) is 27.7 Å². The highest BCUT2D eigenvalue weighted by Gasteiger charge is 2.13. The maximum atomic E-state index is 6.05. The number of hydrazine groups is 1. The average Bonchev–Trinajstić information content (AvgIpc) is 3.08. The molecule has 0 aliphatic heterocycles. The summed E-state index contributed by atoms with van der Waals surface area (Å²) in [4.78, 5) is 8.91. The fourth-order valence-electron chi connectivity index (χ4n) is 1.65. The fraction of sp³-hybridized carbons (Fsp3) is 0.0769. The van der Waals surface area contributed by atoms with Crippen LogP contribution in [0.3, 0.4) is 0 Å². The molecule has 3 aromatic rings. The normalized spacial score (nSPS) is 10.6. The molecule has 0 aliphatic rings. The molecule has 0 spiro atoms. The van der Waals surface area contributed by atoms with Gasteiger partial charge in [-0.25, -0.2) is 20.8 Å². The van der Waals surface area contributed by atoms with Gasteiger partial charge in [0.2, 0.25) is 10.3 Å². The van der Waals surface area contributed by atoms with Gasteiger partial charge in [-0.15, -0.1) is 22.7 Å². The van der Waals surface area contributed by atoms with E-state index in [2.05, 4.69) is 9.97 Å². The van der Waals surface area contributed by atoms with Crippen LogP contribution in [0.5, 0.6) is 0 Å². The molecule has 0 saturated carbocycles. The van der Waals surface area contributed by atoms with Crippen molar-refractivity contribution in [3.63, 3.8) is 0 Å². The second kappa shape index (κ2) is 5.08. The molecule has 4 nitrogen and oxygen atoms in total. The van der Waals surface area contributed by atoms with Gasteiger partial charge >= 0.3 is 0 Å². The first-order chi connectivity index (χ1) is 9.24. The van der Waals surface area contributed by atoms with E-state index in [-0.39, 0.29) is 0 Å². The van der Waals surface area contributed by atoms with Gasteiger partial charge < -0.3 is 0 Å². The molecule has 0 fully saturated rings. The monoisotopic (exact) mass is 288 g/mol. The van der Waals surface area contributed by atoms with Gasteiger partial charge in [-0.3, -0.25) is 0 Å². The van der Waals surface area contributed by atoms with Gasteiger partial charge in [0.25, 0.3) is 0 Å². The van der Waals surface area contributed by atoms with E-state index in [1.807, 2.05) is 48.0 Å². The van der Waals surface area contributed by atoms with Crippen LogP contribution in [-0.4, -0.2) is 9.97 Å². The number of benzene rings is 1. The van der Waals surface area contributed by atoms with Crippen LogP contribution in [0.15, 0.2) is 41.1 Å². The highest BCUT2D eigenvalue weighted by molar-refractivity contribution is 7.16. The van der Waals surface area contributed by atoms with E-state index in [1.54, 1.807) is 0 Å². The van der Waals surface area contributed by atoms with Crippen molar-refractivity contribution in [1.29, 1.82) is 0 Å². The molecule has 2 aromatic heterocycles. The molecule has 2 N–H and O–H groups in total. The van der Waals surface area contributed by atoms with E-state index in [9.17, 15) is 0 Å². The van der Waals surface area contributed by atoms with Gasteiger partial charge in [0.1, 0.15) is 0 Å². The summed E-state index contributed by atoms with van der Waals surface area (Å²) in [6.45, 7) is 1.95. The molecule has 0 saturated heterocycles. The SMILES string of the molecule is Cc1csc(N(N)c2nc(-c3ccccc3)cs2)n1. The Balaban J connectivity index is 1.89. The number of rotatable bonds is 3. The molecule has 6 heteroatoms. The highest BCUT2D eigenvalue weighted by Crippen LogP contribution is 2.31. The summed E-state index contributed by atoms with van der Waals surface area (Å²) >= 11 is 3.03. The van der Waals surface area contributed by atoms with Crippen molar-refractivity contribution in [2.24, 2.45) is 5.84 Å². The predicted molar refractivity (Wildman–Crippen MR) is 80.7 cm³/mol. The Bertz CT molecular complexity index is 675. The molecule has 0 radical (unpaired) electrons. The largest absolute Gasteiger partial charge is 0.239 e. The average molecular weight is 288 g/mol. The molecule has 0 amide bonds. The van der Waals surface area contributed by atoms with Crippen molar-refractivity contribution >= 4 is 32.9 Å². The standard InChI is InChI=1S/C13H12N4S2/c1-9-7-18-12(15-9)17(14)13-16-11(8-19-13)10-5-3-2-4-6-10/h2-8H,14H2,1H3. The lowest BCUT2D eigenvalue weighted by molar-refractivity contribution is 1.04. The Hall–Kier alpha value is -1.76. The van der Waals surface area contributed by atoms with E-state index in [0.717, 1.165) is 27.2 Å². The van der Waals surface area contributed by atoms with Crippen LogP contribution in [0.1, 0.15) is 5.69 Å². The first kappa shape index (κ1) is 12.3. The minimum absolute atomic E-state index is 0.744. The zero-order valence-electron chi connectivity index (χ0n) is 10.3. The number of hydrogen-bond acceptors (Lipinski definition) is 6. The molecule has 3 rings (SSSR count). The lowest BCUT2D eigenvalue weighted by atomic mass is 10.2. The summed E-state index contributed by atoms with van der Waals surface area (Å²) in [6, 6.07) is 10.1. The Kier molecular flexibility index (Phi) is 3.29. The highest BCUT2D eigenvalue weighted by atomic mass is 32.1. The van der Waals surface area contributed by atoms with Crippen molar-refractivity contribution < 1.29 is 0 Å². The summed E-state index contributed by atoms with van der Waals surface area (Å²) in [5.74, 6) is 6.05. The van der Waals surface area contributed by atoms with Gasteiger partial charge in [-0.2, -0.15) is 0 Å². The number of aromatic nitrogens is 2. The zero-order valence-corrected chi connectivity index (χ0v) is 11.9. The number of anilines is 2. The number of aryl methyl sites for hydroxylation is 1. The molecule has 2 heterocycles. The van der Waals surface area contributed by atoms with Crippen molar-refractivity contribution in [1.82, 2.24) is 9.97 Å². The maximum absolute atomic E-state index is 6.05. The first-order valence-electron chi connectivity index (χ1n) is 5.72. The molecule has 96 valence electrons. The van der Waals surface area contributed by atoms with Crippen LogP contribution in [0, 0.1) is 6.92 Å². The Labute approximate surface area is 119 Å². The summed E-state index contributed by atoms with van der Waals surface area (Å²) < 4.78 is 0. The number of hydrogen-bond donors (Lipinski definition) is 1. The van der Waals surface area contributed by atoms with E-state index in [0.29, 0.717) is 0 Å². The van der Waals surface area contributed by atoms with Crippen LogP contribution < -0.4 is 10.9 Å². The smallest absolute Gasteiger partial charge is 0.207 e. The topological polar surface area (TPSA) is 55.0 Å². The third kappa shape index (κ3) is 2.51. The summed E-state index contributed by atoms with van der Waals surface area (Å²) in [6.07, 6.45) is 0. The number of nitrogens with zero attached hydrogens (tertiary/aromatic N) is 3. The van der Waals surface area contributed by atoms with Crippen LogP contribution >= 0.6 is 22.7 Å². The van der Waals surface area contributed by atoms with Gasteiger partial charge in [-0.05, 0) is 6.92 Å². The second-order valence-electron chi connectivity index (χ2n) is 4.02. The van der Waals surface area contributed by atoms with Crippen molar-refractivity contribution in [3.05, 3.63) is 46.8 Å². The zero-order chi connectivity index (χ0) is 13.2. The van der Waals surface area contributed by atoms with Crippen molar-refractivity contribution in [2.45, 2.75) is 6.92 Å².